The van der Waals surface area contributed by atoms with Gasteiger partial charge in [0.15, 0.2) is 0 Å². The zero-order chi connectivity index (χ0) is 19.7. The Balaban J connectivity index is 1.67. The first-order valence-electron chi connectivity index (χ1n) is 8.49. The summed E-state index contributed by atoms with van der Waals surface area (Å²) in [4.78, 5) is 29.4. The number of amides is 1. The lowest BCUT2D eigenvalue weighted by atomic mass is 10.1. The quantitative estimate of drug-likeness (QED) is 0.570. The van der Waals surface area contributed by atoms with Crippen LogP contribution in [0.1, 0.15) is 5.56 Å². The summed E-state index contributed by atoms with van der Waals surface area (Å²) in [6.45, 7) is 1.71. The van der Waals surface area contributed by atoms with Gasteiger partial charge in [-0.25, -0.2) is 4.98 Å². The molecule has 1 N–H and O–H groups in total. The highest BCUT2D eigenvalue weighted by Gasteiger charge is 2.18. The van der Waals surface area contributed by atoms with Crippen molar-refractivity contribution in [3.63, 3.8) is 0 Å². The maximum Gasteiger partial charge on any atom is 0.267 e. The van der Waals surface area contributed by atoms with Crippen LogP contribution in [0.3, 0.4) is 0 Å². The fraction of sp³-hybridized carbons (Fsp3) is 0.100. The topological polar surface area (TPSA) is 90.0 Å². The van der Waals surface area contributed by atoms with Crippen LogP contribution in [0.2, 0.25) is 5.02 Å². The van der Waals surface area contributed by atoms with Gasteiger partial charge >= 0.3 is 0 Å². The number of aryl methyl sites for hydroxylation is 1. The predicted molar refractivity (Wildman–Crippen MR) is 106 cm³/mol. The van der Waals surface area contributed by atoms with Crippen molar-refractivity contribution in [2.75, 3.05) is 5.32 Å². The summed E-state index contributed by atoms with van der Waals surface area (Å²) in [7, 11) is 0. The van der Waals surface area contributed by atoms with E-state index in [0.29, 0.717) is 22.0 Å². The number of fused-ring (bicyclic) bond motifs is 1. The number of nitrogens with zero attached hydrogens (tertiary/aromatic N) is 3. The van der Waals surface area contributed by atoms with Gasteiger partial charge < -0.3 is 9.84 Å². The molecule has 140 valence electrons. The van der Waals surface area contributed by atoms with E-state index in [9.17, 15) is 9.59 Å². The number of rotatable bonds is 4. The molecule has 0 aliphatic carbocycles. The van der Waals surface area contributed by atoms with Crippen molar-refractivity contribution in [1.29, 1.82) is 0 Å². The summed E-state index contributed by atoms with van der Waals surface area (Å²) in [5, 5.41) is 7.55. The molecular weight excluding hydrogens is 380 g/mol. The Morgan fingerprint density at radius 3 is 2.68 bits per heavy atom. The normalized spacial score (nSPS) is 10.9. The van der Waals surface area contributed by atoms with E-state index in [0.717, 1.165) is 5.56 Å². The molecule has 0 fully saturated rings. The molecule has 0 bridgehead atoms. The van der Waals surface area contributed by atoms with E-state index in [1.807, 2.05) is 25.1 Å². The van der Waals surface area contributed by atoms with Gasteiger partial charge in [0.25, 0.3) is 11.3 Å². The van der Waals surface area contributed by atoms with Crippen LogP contribution in [-0.2, 0) is 11.3 Å². The van der Waals surface area contributed by atoms with Gasteiger partial charge in [-0.05, 0) is 30.7 Å². The van der Waals surface area contributed by atoms with E-state index < -0.39 is 5.56 Å². The third-order valence-corrected chi connectivity index (χ3v) is 4.57. The maximum absolute atomic E-state index is 12.9. The second kappa shape index (κ2) is 7.28. The van der Waals surface area contributed by atoms with Gasteiger partial charge in [0.1, 0.15) is 24.0 Å². The van der Waals surface area contributed by atoms with Gasteiger partial charge in [-0.1, -0.05) is 47.1 Å². The standard InChI is InChI=1S/C20H15ClN4O3/c1-12-4-2-3-5-15(12)23-16(26)10-25-11-22-19-17(20(25)27)18(24-28-19)13-6-8-14(21)9-7-13/h2-9,11H,10H2,1H3,(H,23,26). The van der Waals surface area contributed by atoms with Gasteiger partial charge in [0.2, 0.25) is 5.91 Å². The molecule has 4 aromatic rings. The van der Waals surface area contributed by atoms with Crippen LogP contribution in [-0.4, -0.2) is 20.6 Å². The second-order valence-electron chi connectivity index (χ2n) is 6.26. The molecule has 2 aromatic heterocycles. The Kier molecular flexibility index (Phi) is 4.67. The monoisotopic (exact) mass is 394 g/mol. The number of anilines is 1. The van der Waals surface area contributed by atoms with Gasteiger partial charge in [-0.3, -0.25) is 14.2 Å². The van der Waals surface area contributed by atoms with Crippen molar-refractivity contribution < 1.29 is 9.32 Å². The largest absolute Gasteiger partial charge is 0.335 e. The SMILES string of the molecule is Cc1ccccc1NC(=O)Cn1cnc2onc(-c3ccc(Cl)cc3)c2c1=O. The van der Waals surface area contributed by atoms with Crippen molar-refractivity contribution >= 4 is 34.3 Å². The van der Waals surface area contributed by atoms with Crippen molar-refractivity contribution in [3.05, 3.63) is 75.8 Å². The highest BCUT2D eigenvalue weighted by atomic mass is 35.5. The number of carbonyl (C=O) groups is 1. The van der Waals surface area contributed by atoms with E-state index in [1.54, 1.807) is 30.3 Å². The summed E-state index contributed by atoms with van der Waals surface area (Å²) in [5.74, 6) is -0.331. The molecule has 8 heteroatoms. The number of hydrogen-bond acceptors (Lipinski definition) is 5. The van der Waals surface area contributed by atoms with Gasteiger partial charge in [-0.2, -0.15) is 0 Å². The van der Waals surface area contributed by atoms with Crippen LogP contribution in [0.5, 0.6) is 0 Å². The lowest BCUT2D eigenvalue weighted by Gasteiger charge is -2.09. The molecule has 0 atom stereocenters. The number of aromatic nitrogens is 3. The van der Waals surface area contributed by atoms with E-state index in [-0.39, 0.29) is 23.6 Å². The highest BCUT2D eigenvalue weighted by molar-refractivity contribution is 6.30. The first-order valence-corrected chi connectivity index (χ1v) is 8.87. The third kappa shape index (κ3) is 3.39. The van der Waals surface area contributed by atoms with Crippen LogP contribution >= 0.6 is 11.6 Å². The van der Waals surface area contributed by atoms with Gasteiger partial charge in [0.05, 0.1) is 0 Å². The molecule has 0 aliphatic heterocycles. The van der Waals surface area contributed by atoms with Crippen LogP contribution in [0.25, 0.3) is 22.4 Å². The number of hydrogen-bond donors (Lipinski definition) is 1. The zero-order valence-electron chi connectivity index (χ0n) is 14.8. The third-order valence-electron chi connectivity index (χ3n) is 4.31. The fourth-order valence-electron chi connectivity index (χ4n) is 2.86. The van der Waals surface area contributed by atoms with Crippen LogP contribution in [0, 0.1) is 6.92 Å². The van der Waals surface area contributed by atoms with E-state index in [2.05, 4.69) is 15.5 Å². The molecule has 4 rings (SSSR count). The lowest BCUT2D eigenvalue weighted by molar-refractivity contribution is -0.116. The highest BCUT2D eigenvalue weighted by Crippen LogP contribution is 2.25. The first-order chi connectivity index (χ1) is 13.5. The molecule has 0 aliphatic rings. The van der Waals surface area contributed by atoms with Gasteiger partial charge in [0, 0.05) is 16.3 Å². The number of para-hydroxylation sites is 1. The number of nitrogens with one attached hydrogen (secondary N) is 1. The van der Waals surface area contributed by atoms with Crippen molar-refractivity contribution in [1.82, 2.24) is 14.7 Å². The minimum Gasteiger partial charge on any atom is -0.335 e. The van der Waals surface area contributed by atoms with E-state index in [1.165, 1.54) is 10.9 Å². The van der Waals surface area contributed by atoms with E-state index in [4.69, 9.17) is 16.1 Å². The molecule has 0 saturated heterocycles. The van der Waals surface area contributed by atoms with Crippen LogP contribution in [0.15, 0.2) is 64.2 Å². The van der Waals surface area contributed by atoms with Crippen molar-refractivity contribution in [2.45, 2.75) is 13.5 Å². The predicted octanol–water partition coefficient (Wildman–Crippen LogP) is 3.65. The smallest absolute Gasteiger partial charge is 0.267 e. The molecule has 0 saturated carbocycles. The number of benzene rings is 2. The lowest BCUT2D eigenvalue weighted by Crippen LogP contribution is -2.28. The van der Waals surface area contributed by atoms with Crippen LogP contribution < -0.4 is 10.9 Å². The summed E-state index contributed by atoms with van der Waals surface area (Å²) >= 11 is 5.92. The average molecular weight is 395 g/mol. The Hall–Kier alpha value is -3.45. The second-order valence-corrected chi connectivity index (χ2v) is 6.70. The number of halogens is 1. The summed E-state index contributed by atoms with van der Waals surface area (Å²) in [6.07, 6.45) is 1.28. The summed E-state index contributed by atoms with van der Waals surface area (Å²) in [6, 6.07) is 14.3. The minimum absolute atomic E-state index is 0.116. The minimum atomic E-state index is -0.406. The molecule has 28 heavy (non-hydrogen) atoms. The molecular formula is C20H15ClN4O3. The Morgan fingerprint density at radius 1 is 1.18 bits per heavy atom. The molecule has 2 heterocycles. The van der Waals surface area contributed by atoms with Crippen LogP contribution in [0.4, 0.5) is 5.69 Å². The van der Waals surface area contributed by atoms with Crippen molar-refractivity contribution in [3.8, 4) is 11.3 Å². The fourth-order valence-corrected chi connectivity index (χ4v) is 2.98. The molecule has 0 radical (unpaired) electrons. The molecule has 0 unspecified atom stereocenters. The Bertz CT molecular complexity index is 1230. The molecule has 1 amide bonds. The van der Waals surface area contributed by atoms with E-state index >= 15 is 0 Å². The van der Waals surface area contributed by atoms with Gasteiger partial charge in [-0.15, -0.1) is 0 Å². The zero-order valence-corrected chi connectivity index (χ0v) is 15.6. The first kappa shape index (κ1) is 17.9. The summed E-state index contributed by atoms with van der Waals surface area (Å²) < 4.78 is 6.41. The molecule has 2 aromatic carbocycles. The average Bonchev–Trinajstić information content (AvgIpc) is 3.11. The molecule has 0 spiro atoms. The molecule has 7 nitrogen and oxygen atoms in total. The Labute approximate surface area is 164 Å². The summed E-state index contributed by atoms with van der Waals surface area (Å²) in [5.41, 5.74) is 2.37. The Morgan fingerprint density at radius 2 is 1.93 bits per heavy atom. The maximum atomic E-state index is 12.9. The van der Waals surface area contributed by atoms with Crippen molar-refractivity contribution in [2.24, 2.45) is 0 Å². The number of carbonyl (C=O) groups excluding carboxylic acids is 1.